The van der Waals surface area contributed by atoms with Crippen molar-refractivity contribution in [2.24, 2.45) is 4.99 Å². The van der Waals surface area contributed by atoms with Gasteiger partial charge < -0.3 is 23.7 Å². The van der Waals surface area contributed by atoms with Crippen LogP contribution in [0.25, 0.3) is 6.08 Å². The minimum absolute atomic E-state index is 0.176. The molecule has 1 atom stereocenters. The van der Waals surface area contributed by atoms with Crippen molar-refractivity contribution in [1.82, 2.24) is 4.57 Å². The van der Waals surface area contributed by atoms with Crippen LogP contribution in [0.1, 0.15) is 67.1 Å². The van der Waals surface area contributed by atoms with E-state index >= 15 is 0 Å². The summed E-state index contributed by atoms with van der Waals surface area (Å²) >= 11 is 1.25. The summed E-state index contributed by atoms with van der Waals surface area (Å²) in [6.07, 6.45) is 1.81. The molecule has 1 aliphatic rings. The van der Waals surface area contributed by atoms with Crippen molar-refractivity contribution >= 4 is 23.4 Å². The number of aromatic nitrogens is 1. The lowest BCUT2D eigenvalue weighted by Gasteiger charge is -2.26. The molecule has 1 aromatic heterocycles. The van der Waals surface area contributed by atoms with Crippen LogP contribution in [-0.2, 0) is 16.1 Å². The Morgan fingerprint density at radius 1 is 0.896 bits per heavy atom. The molecule has 0 amide bonds. The highest BCUT2D eigenvalue weighted by atomic mass is 32.1. The van der Waals surface area contributed by atoms with E-state index in [-0.39, 0.29) is 17.7 Å². The van der Waals surface area contributed by atoms with Crippen molar-refractivity contribution in [3.63, 3.8) is 0 Å². The molecule has 10 heteroatoms. The molecule has 4 aromatic rings. The second-order valence-electron chi connectivity index (χ2n) is 11.4. The second kappa shape index (κ2) is 14.9. The monoisotopic (exact) mass is 670 g/mol. The van der Waals surface area contributed by atoms with Crippen molar-refractivity contribution in [2.75, 3.05) is 26.9 Å². The number of rotatable bonds is 12. The van der Waals surface area contributed by atoms with Gasteiger partial charge in [0.15, 0.2) is 27.8 Å². The summed E-state index contributed by atoms with van der Waals surface area (Å²) in [6.45, 7) is 14.9. The average Bonchev–Trinajstić information content (AvgIpc) is 3.34. The van der Waals surface area contributed by atoms with E-state index in [2.05, 4.69) is 32.9 Å². The van der Waals surface area contributed by atoms with Gasteiger partial charge in [-0.25, -0.2) is 9.79 Å². The lowest BCUT2D eigenvalue weighted by molar-refractivity contribution is -0.139. The minimum atomic E-state index is -0.845. The Morgan fingerprint density at radius 2 is 1.62 bits per heavy atom. The first-order valence-corrected chi connectivity index (χ1v) is 16.9. The molecule has 0 saturated heterocycles. The number of benzene rings is 3. The van der Waals surface area contributed by atoms with E-state index < -0.39 is 12.0 Å². The van der Waals surface area contributed by atoms with Crippen molar-refractivity contribution in [1.29, 1.82) is 0 Å². The maximum Gasteiger partial charge on any atom is 0.338 e. The predicted molar refractivity (Wildman–Crippen MR) is 187 cm³/mol. The number of methoxy groups -OCH3 is 1. The van der Waals surface area contributed by atoms with Crippen LogP contribution < -0.4 is 33.8 Å². The number of thiazole rings is 1. The lowest BCUT2D eigenvalue weighted by atomic mass is 9.94. The van der Waals surface area contributed by atoms with E-state index in [9.17, 15) is 9.59 Å². The SMILES string of the molecule is CCOC(=O)C1=C(C)N=c2s/c(=C/c3ccc(OCc4c(C)cc(C)cc4C)c(OCC)c3)c(=O)n2[C@H]1c1cccc(OC)c1OCC. The molecule has 0 fully saturated rings. The third-order valence-electron chi connectivity index (χ3n) is 8.11. The second-order valence-corrected chi connectivity index (χ2v) is 12.4. The summed E-state index contributed by atoms with van der Waals surface area (Å²) in [5, 5.41) is 0. The summed E-state index contributed by atoms with van der Waals surface area (Å²) in [5.74, 6) is 1.60. The first-order chi connectivity index (χ1) is 23.1. The first kappa shape index (κ1) is 34.5. The van der Waals surface area contributed by atoms with Gasteiger partial charge in [0.1, 0.15) is 12.6 Å². The number of para-hydroxylation sites is 1. The molecule has 0 saturated carbocycles. The van der Waals surface area contributed by atoms with Crippen molar-refractivity contribution < 1.29 is 28.5 Å². The van der Waals surface area contributed by atoms with E-state index in [0.29, 0.717) is 63.4 Å². The Hall–Kier alpha value is -4.83. The molecular formula is C38H42N2O7S. The summed E-state index contributed by atoms with van der Waals surface area (Å²) in [4.78, 5) is 32.8. The molecule has 1 aliphatic heterocycles. The molecule has 2 heterocycles. The van der Waals surface area contributed by atoms with Crippen LogP contribution in [0, 0.1) is 20.8 Å². The zero-order chi connectivity index (χ0) is 34.5. The fourth-order valence-corrected chi connectivity index (χ4v) is 7.08. The summed E-state index contributed by atoms with van der Waals surface area (Å²) in [7, 11) is 1.55. The number of hydrogen-bond acceptors (Lipinski definition) is 9. The molecular weight excluding hydrogens is 628 g/mol. The average molecular weight is 671 g/mol. The largest absolute Gasteiger partial charge is 0.493 e. The fraction of sp³-hybridized carbons (Fsp3) is 0.342. The van der Waals surface area contributed by atoms with Crippen LogP contribution in [0.5, 0.6) is 23.0 Å². The van der Waals surface area contributed by atoms with E-state index in [1.807, 2.05) is 44.2 Å². The third-order valence-corrected chi connectivity index (χ3v) is 9.09. The van der Waals surface area contributed by atoms with E-state index in [4.69, 9.17) is 28.7 Å². The van der Waals surface area contributed by atoms with Crippen molar-refractivity contribution in [3.05, 3.63) is 113 Å². The molecule has 5 rings (SSSR count). The standard InChI is InChI=1S/C38H42N2O7S/c1-9-44-31-19-26(15-16-29(31)47-21-28-23(5)17-22(4)18-24(28)6)20-32-36(41)40-34(27-13-12-14-30(43-8)35(27)45-10-2)33(37(42)46-11-3)25(7)39-38(40)48-32/h12-20,34H,9-11,21H2,1-8H3/b32-20+/t34-/m0/s1. The Morgan fingerprint density at radius 3 is 2.29 bits per heavy atom. The quantitative estimate of drug-likeness (QED) is 0.168. The van der Waals surface area contributed by atoms with Gasteiger partial charge in [0.25, 0.3) is 5.56 Å². The van der Waals surface area contributed by atoms with Crippen LogP contribution in [0.15, 0.2) is 69.6 Å². The molecule has 0 bridgehead atoms. The first-order valence-electron chi connectivity index (χ1n) is 16.1. The Bertz CT molecular complexity index is 2030. The van der Waals surface area contributed by atoms with E-state index in [0.717, 1.165) is 11.1 Å². The van der Waals surface area contributed by atoms with Gasteiger partial charge >= 0.3 is 5.97 Å². The van der Waals surface area contributed by atoms with Crippen LogP contribution in [0.3, 0.4) is 0 Å². The molecule has 3 aromatic carbocycles. The van der Waals surface area contributed by atoms with Gasteiger partial charge in [-0.2, -0.15) is 0 Å². The fourth-order valence-electron chi connectivity index (χ4n) is 6.03. The molecule has 0 N–H and O–H groups in total. The molecule has 0 unspecified atom stereocenters. The van der Waals surface area contributed by atoms with Crippen LogP contribution in [0.2, 0.25) is 0 Å². The Balaban J connectivity index is 1.60. The smallest absolute Gasteiger partial charge is 0.338 e. The normalized spacial score (nSPS) is 14.3. The van der Waals surface area contributed by atoms with Gasteiger partial charge in [-0.1, -0.05) is 47.2 Å². The topological polar surface area (TPSA) is 97.6 Å². The van der Waals surface area contributed by atoms with Crippen LogP contribution in [-0.4, -0.2) is 37.5 Å². The molecule has 9 nitrogen and oxygen atoms in total. The molecule has 0 spiro atoms. The Kier molecular flexibility index (Phi) is 10.7. The van der Waals surface area contributed by atoms with Gasteiger partial charge in [-0.05, 0) is 95.0 Å². The maximum absolute atomic E-state index is 14.3. The number of carbonyl (C=O) groups is 1. The van der Waals surface area contributed by atoms with Gasteiger partial charge in [0, 0.05) is 5.56 Å². The van der Waals surface area contributed by atoms with E-state index in [1.54, 1.807) is 37.7 Å². The molecule has 252 valence electrons. The number of carbonyl (C=O) groups excluding carboxylic acids is 1. The van der Waals surface area contributed by atoms with Gasteiger partial charge in [-0.3, -0.25) is 9.36 Å². The number of allylic oxidation sites excluding steroid dienone is 1. The number of nitrogens with zero attached hydrogens (tertiary/aromatic N) is 2. The lowest BCUT2D eigenvalue weighted by Crippen LogP contribution is -2.40. The molecule has 0 radical (unpaired) electrons. The number of ether oxygens (including phenoxy) is 5. The third kappa shape index (κ3) is 6.89. The van der Waals surface area contributed by atoms with Crippen LogP contribution in [0.4, 0.5) is 0 Å². The highest BCUT2D eigenvalue weighted by molar-refractivity contribution is 7.07. The predicted octanol–water partition coefficient (Wildman–Crippen LogP) is 6.11. The molecule has 48 heavy (non-hydrogen) atoms. The minimum Gasteiger partial charge on any atom is -0.493 e. The zero-order valence-electron chi connectivity index (χ0n) is 28.8. The maximum atomic E-state index is 14.3. The van der Waals surface area contributed by atoms with Crippen LogP contribution >= 0.6 is 11.3 Å². The summed E-state index contributed by atoms with van der Waals surface area (Å²) < 4.78 is 31.3. The highest BCUT2D eigenvalue weighted by Gasteiger charge is 2.36. The van der Waals surface area contributed by atoms with Gasteiger partial charge in [0.2, 0.25) is 0 Å². The van der Waals surface area contributed by atoms with Crippen molar-refractivity contribution in [3.8, 4) is 23.0 Å². The zero-order valence-corrected chi connectivity index (χ0v) is 29.6. The number of fused-ring (bicyclic) bond motifs is 1. The van der Waals surface area contributed by atoms with Gasteiger partial charge in [-0.15, -0.1) is 0 Å². The summed E-state index contributed by atoms with van der Waals surface area (Å²) in [5.41, 5.74) is 6.51. The molecule has 0 aliphatic carbocycles. The highest BCUT2D eigenvalue weighted by Crippen LogP contribution is 2.41. The van der Waals surface area contributed by atoms with E-state index in [1.165, 1.54) is 28.0 Å². The number of esters is 1. The van der Waals surface area contributed by atoms with Crippen molar-refractivity contribution in [2.45, 2.75) is 61.1 Å². The summed E-state index contributed by atoms with van der Waals surface area (Å²) in [6, 6.07) is 14.5. The van der Waals surface area contributed by atoms with Gasteiger partial charge in [0.05, 0.1) is 42.7 Å². The number of aryl methyl sites for hydroxylation is 3. The Labute approximate surface area is 284 Å². The number of hydrogen-bond donors (Lipinski definition) is 0.